The third-order valence-electron chi connectivity index (χ3n) is 4.38. The fourth-order valence-corrected chi connectivity index (χ4v) is 2.82. The van der Waals surface area contributed by atoms with Gasteiger partial charge in [-0.25, -0.2) is 4.39 Å². The normalized spacial score (nSPS) is 24.4. The molecular formula is C16H24FNO2. The summed E-state index contributed by atoms with van der Waals surface area (Å²) in [6, 6.07) is 5.29. The number of aliphatic hydroxyl groups excluding tert-OH is 1. The van der Waals surface area contributed by atoms with Crippen molar-refractivity contribution in [2.24, 2.45) is 5.41 Å². The number of hydrogen-bond acceptors (Lipinski definition) is 3. The molecule has 1 aliphatic carbocycles. The summed E-state index contributed by atoms with van der Waals surface area (Å²) in [5, 5.41) is 12.6. The van der Waals surface area contributed by atoms with Crippen LogP contribution in [0.25, 0.3) is 0 Å². The number of hydrogen-bond donors (Lipinski definition) is 2. The molecule has 112 valence electrons. The highest BCUT2D eigenvalue weighted by Gasteiger charge is 2.48. The lowest BCUT2D eigenvalue weighted by Crippen LogP contribution is -2.60. The topological polar surface area (TPSA) is 41.5 Å². The van der Waals surface area contributed by atoms with Crippen LogP contribution in [0.2, 0.25) is 0 Å². The summed E-state index contributed by atoms with van der Waals surface area (Å²) in [4.78, 5) is 0. The van der Waals surface area contributed by atoms with Crippen molar-refractivity contribution in [1.82, 2.24) is 5.32 Å². The van der Waals surface area contributed by atoms with Gasteiger partial charge in [-0.2, -0.15) is 0 Å². The molecule has 4 heteroatoms. The molecule has 2 N–H and O–H groups in total. The van der Waals surface area contributed by atoms with Gasteiger partial charge in [0.05, 0.1) is 12.7 Å². The Kier molecular flexibility index (Phi) is 4.78. The maximum atomic E-state index is 13.3. The Morgan fingerprint density at radius 1 is 1.45 bits per heavy atom. The molecule has 20 heavy (non-hydrogen) atoms. The predicted molar refractivity (Wildman–Crippen MR) is 76.8 cm³/mol. The van der Waals surface area contributed by atoms with Crippen molar-refractivity contribution in [3.63, 3.8) is 0 Å². The van der Waals surface area contributed by atoms with Crippen LogP contribution in [0.3, 0.4) is 0 Å². The summed E-state index contributed by atoms with van der Waals surface area (Å²) in [7, 11) is 0. The second kappa shape index (κ2) is 6.20. The minimum Gasteiger partial charge on any atom is -0.392 e. The Bertz CT molecular complexity index is 462. The Hall–Kier alpha value is -0.970. The molecule has 1 aromatic rings. The van der Waals surface area contributed by atoms with Crippen LogP contribution >= 0.6 is 0 Å². The zero-order valence-electron chi connectivity index (χ0n) is 12.4. The van der Waals surface area contributed by atoms with E-state index in [1.807, 2.05) is 6.92 Å². The monoisotopic (exact) mass is 281 g/mol. The number of rotatable bonds is 6. The SMILES string of the molecule is CCO[C@H]1C[C@H](NCc2ccc(F)c(CO)c2)C1(C)C. The van der Waals surface area contributed by atoms with Gasteiger partial charge in [-0.15, -0.1) is 0 Å². The first-order valence-electron chi connectivity index (χ1n) is 7.22. The summed E-state index contributed by atoms with van der Waals surface area (Å²) < 4.78 is 19.0. The summed E-state index contributed by atoms with van der Waals surface area (Å²) in [5.74, 6) is -0.350. The molecule has 0 saturated heterocycles. The first kappa shape index (κ1) is 15.4. The van der Waals surface area contributed by atoms with Crippen LogP contribution in [-0.4, -0.2) is 23.9 Å². The quantitative estimate of drug-likeness (QED) is 0.842. The van der Waals surface area contributed by atoms with Gasteiger partial charge in [0.1, 0.15) is 5.82 Å². The van der Waals surface area contributed by atoms with Gasteiger partial charge in [0.15, 0.2) is 0 Å². The van der Waals surface area contributed by atoms with Crippen molar-refractivity contribution in [3.8, 4) is 0 Å². The molecule has 0 unspecified atom stereocenters. The molecule has 2 rings (SSSR count). The van der Waals surface area contributed by atoms with E-state index in [1.165, 1.54) is 6.07 Å². The maximum absolute atomic E-state index is 13.3. The van der Waals surface area contributed by atoms with E-state index >= 15 is 0 Å². The van der Waals surface area contributed by atoms with Gasteiger partial charge < -0.3 is 15.2 Å². The molecule has 0 bridgehead atoms. The Balaban J connectivity index is 1.90. The molecule has 1 aromatic carbocycles. The minimum absolute atomic E-state index is 0.121. The lowest BCUT2D eigenvalue weighted by molar-refractivity contribution is -0.114. The van der Waals surface area contributed by atoms with Gasteiger partial charge in [0.2, 0.25) is 0 Å². The highest BCUT2D eigenvalue weighted by atomic mass is 19.1. The standard InChI is InChI=1S/C16H24FNO2/c1-4-20-15-8-14(16(15,2)3)18-9-11-5-6-13(17)12(7-11)10-19/h5-7,14-15,18-19H,4,8-10H2,1-3H3/t14-,15-/m0/s1. The summed E-state index contributed by atoms with van der Waals surface area (Å²) in [5.41, 5.74) is 1.46. The zero-order chi connectivity index (χ0) is 14.8. The van der Waals surface area contributed by atoms with Gasteiger partial charge in [-0.3, -0.25) is 0 Å². The number of nitrogens with one attached hydrogen (secondary N) is 1. The zero-order valence-corrected chi connectivity index (χ0v) is 12.4. The van der Waals surface area contributed by atoms with Crippen LogP contribution in [0, 0.1) is 11.2 Å². The molecule has 1 fully saturated rings. The molecule has 1 aliphatic rings. The van der Waals surface area contributed by atoms with E-state index in [2.05, 4.69) is 19.2 Å². The first-order chi connectivity index (χ1) is 9.48. The Morgan fingerprint density at radius 2 is 2.20 bits per heavy atom. The smallest absolute Gasteiger partial charge is 0.128 e. The van der Waals surface area contributed by atoms with Gasteiger partial charge in [0.25, 0.3) is 0 Å². The van der Waals surface area contributed by atoms with E-state index in [0.717, 1.165) is 18.6 Å². The van der Waals surface area contributed by atoms with E-state index in [1.54, 1.807) is 12.1 Å². The molecule has 0 radical (unpaired) electrons. The van der Waals surface area contributed by atoms with Crippen molar-refractivity contribution in [2.45, 2.75) is 52.5 Å². The minimum atomic E-state index is -0.350. The highest BCUT2D eigenvalue weighted by molar-refractivity contribution is 5.24. The molecule has 1 saturated carbocycles. The van der Waals surface area contributed by atoms with E-state index in [-0.39, 0.29) is 17.8 Å². The summed E-state index contributed by atoms with van der Waals surface area (Å²) >= 11 is 0. The van der Waals surface area contributed by atoms with Gasteiger partial charge in [0, 0.05) is 30.2 Å². The lowest BCUT2D eigenvalue weighted by Gasteiger charge is -2.52. The largest absolute Gasteiger partial charge is 0.392 e. The van der Waals surface area contributed by atoms with Crippen LogP contribution in [0.5, 0.6) is 0 Å². The van der Waals surface area contributed by atoms with Crippen LogP contribution in [-0.2, 0) is 17.9 Å². The third kappa shape index (κ3) is 3.03. The molecule has 3 nitrogen and oxygen atoms in total. The van der Waals surface area contributed by atoms with Gasteiger partial charge >= 0.3 is 0 Å². The lowest BCUT2D eigenvalue weighted by atomic mass is 9.64. The van der Waals surface area contributed by atoms with Crippen molar-refractivity contribution in [2.75, 3.05) is 6.61 Å². The van der Waals surface area contributed by atoms with Crippen molar-refractivity contribution in [1.29, 1.82) is 0 Å². The third-order valence-corrected chi connectivity index (χ3v) is 4.38. The number of ether oxygens (including phenoxy) is 1. The molecule has 0 aromatic heterocycles. The van der Waals surface area contributed by atoms with Gasteiger partial charge in [-0.05, 0) is 31.0 Å². The van der Waals surface area contributed by atoms with Crippen molar-refractivity contribution < 1.29 is 14.2 Å². The molecule has 0 spiro atoms. The van der Waals surface area contributed by atoms with E-state index in [4.69, 9.17) is 9.84 Å². The second-order valence-electron chi connectivity index (χ2n) is 6.02. The van der Waals surface area contributed by atoms with Crippen LogP contribution in [0.1, 0.15) is 38.3 Å². The average molecular weight is 281 g/mol. The van der Waals surface area contributed by atoms with Crippen LogP contribution in [0.15, 0.2) is 18.2 Å². The maximum Gasteiger partial charge on any atom is 0.128 e. The molecular weight excluding hydrogens is 257 g/mol. The van der Waals surface area contributed by atoms with E-state index in [0.29, 0.717) is 24.3 Å². The van der Waals surface area contributed by atoms with E-state index < -0.39 is 0 Å². The highest BCUT2D eigenvalue weighted by Crippen LogP contribution is 2.42. The van der Waals surface area contributed by atoms with Crippen molar-refractivity contribution in [3.05, 3.63) is 35.1 Å². The second-order valence-corrected chi connectivity index (χ2v) is 6.02. The fraction of sp³-hybridized carbons (Fsp3) is 0.625. The number of halogens is 1. The van der Waals surface area contributed by atoms with E-state index in [9.17, 15) is 4.39 Å². The summed E-state index contributed by atoms with van der Waals surface area (Å²) in [6.07, 6.45) is 1.32. The molecule has 0 amide bonds. The van der Waals surface area contributed by atoms with Crippen molar-refractivity contribution >= 4 is 0 Å². The predicted octanol–water partition coefficient (Wildman–Crippen LogP) is 2.61. The molecule has 2 atom stereocenters. The number of aliphatic hydroxyl groups is 1. The first-order valence-corrected chi connectivity index (χ1v) is 7.22. The summed E-state index contributed by atoms with van der Waals surface area (Å²) in [6.45, 7) is 7.60. The average Bonchev–Trinajstić information content (AvgIpc) is 2.43. The Labute approximate surface area is 120 Å². The fourth-order valence-electron chi connectivity index (χ4n) is 2.82. The Morgan fingerprint density at radius 3 is 2.80 bits per heavy atom. The van der Waals surface area contributed by atoms with Gasteiger partial charge in [-0.1, -0.05) is 19.9 Å². The van der Waals surface area contributed by atoms with Crippen LogP contribution < -0.4 is 5.32 Å². The number of benzene rings is 1. The molecule has 0 aliphatic heterocycles. The van der Waals surface area contributed by atoms with Crippen LogP contribution in [0.4, 0.5) is 4.39 Å². The molecule has 0 heterocycles.